The summed E-state index contributed by atoms with van der Waals surface area (Å²) in [5, 5.41) is 13.2. The molecule has 0 spiro atoms. The molecule has 0 saturated carbocycles. The normalized spacial score (nSPS) is 11.5. The number of carboxylic acids is 1. The fraction of sp³-hybridized carbons (Fsp3) is 0.222. The number of amides is 2. The fourth-order valence-electron chi connectivity index (χ4n) is 0.862. The molecule has 80 valence electrons. The van der Waals surface area contributed by atoms with E-state index in [2.05, 4.69) is 15.6 Å². The van der Waals surface area contributed by atoms with Gasteiger partial charge in [0, 0.05) is 6.20 Å². The van der Waals surface area contributed by atoms with Gasteiger partial charge in [-0.15, -0.1) is 0 Å². The van der Waals surface area contributed by atoms with Crippen LogP contribution in [-0.2, 0) is 4.79 Å². The number of pyridine rings is 1. The lowest BCUT2D eigenvalue weighted by Crippen LogP contribution is -2.40. The number of carboxylic acid groups (broad SMARTS) is 1. The third-order valence-corrected chi connectivity index (χ3v) is 1.64. The lowest BCUT2D eigenvalue weighted by atomic mass is 10.3. The van der Waals surface area contributed by atoms with E-state index in [0.29, 0.717) is 5.69 Å². The van der Waals surface area contributed by atoms with Gasteiger partial charge < -0.3 is 15.7 Å². The number of aromatic nitrogens is 1. The van der Waals surface area contributed by atoms with Crippen LogP contribution in [0.2, 0.25) is 0 Å². The first-order valence-electron chi connectivity index (χ1n) is 4.30. The summed E-state index contributed by atoms with van der Waals surface area (Å²) in [5.74, 6) is -1.09. The maximum absolute atomic E-state index is 11.2. The maximum atomic E-state index is 11.2. The Bertz CT molecular complexity index is 353. The van der Waals surface area contributed by atoms with Crippen molar-refractivity contribution in [1.29, 1.82) is 0 Å². The fourth-order valence-corrected chi connectivity index (χ4v) is 0.862. The van der Waals surface area contributed by atoms with Gasteiger partial charge in [0.15, 0.2) is 0 Å². The van der Waals surface area contributed by atoms with Crippen molar-refractivity contribution in [2.75, 3.05) is 5.32 Å². The van der Waals surface area contributed by atoms with Crippen molar-refractivity contribution >= 4 is 17.7 Å². The molecule has 1 heterocycles. The molecule has 6 nitrogen and oxygen atoms in total. The summed E-state index contributed by atoms with van der Waals surface area (Å²) in [4.78, 5) is 25.4. The SMILES string of the molecule is C[C@@H](NC(=O)Nc1cccnc1)C(=O)O. The Labute approximate surface area is 86.3 Å². The molecule has 0 aliphatic rings. The van der Waals surface area contributed by atoms with Gasteiger partial charge in [-0.2, -0.15) is 0 Å². The molecule has 3 N–H and O–H groups in total. The van der Waals surface area contributed by atoms with Crippen molar-refractivity contribution in [3.63, 3.8) is 0 Å². The van der Waals surface area contributed by atoms with Crippen molar-refractivity contribution < 1.29 is 14.7 Å². The van der Waals surface area contributed by atoms with E-state index in [4.69, 9.17) is 5.11 Å². The van der Waals surface area contributed by atoms with Gasteiger partial charge in [-0.1, -0.05) is 0 Å². The molecule has 15 heavy (non-hydrogen) atoms. The van der Waals surface area contributed by atoms with Crippen LogP contribution in [0.3, 0.4) is 0 Å². The molecule has 0 aliphatic heterocycles. The Hall–Kier alpha value is -2.11. The Balaban J connectivity index is 2.47. The number of urea groups is 1. The number of hydrogen-bond acceptors (Lipinski definition) is 3. The summed E-state index contributed by atoms with van der Waals surface area (Å²) in [5.41, 5.74) is 0.507. The molecule has 0 bridgehead atoms. The summed E-state index contributed by atoms with van der Waals surface area (Å²) in [6.07, 6.45) is 3.04. The Kier molecular flexibility index (Phi) is 3.61. The Morgan fingerprint density at radius 3 is 2.80 bits per heavy atom. The van der Waals surface area contributed by atoms with Crippen LogP contribution in [0, 0.1) is 0 Å². The predicted octanol–water partition coefficient (Wildman–Crippen LogP) is 0.676. The molecule has 1 aromatic heterocycles. The highest BCUT2D eigenvalue weighted by atomic mass is 16.4. The summed E-state index contributed by atoms with van der Waals surface area (Å²) in [6, 6.07) is 1.81. The molecule has 1 aromatic rings. The third kappa shape index (κ3) is 3.63. The van der Waals surface area contributed by atoms with Gasteiger partial charge in [-0.25, -0.2) is 4.79 Å². The molecular formula is C9H11N3O3. The Morgan fingerprint density at radius 1 is 1.53 bits per heavy atom. The molecule has 0 fully saturated rings. The highest BCUT2D eigenvalue weighted by Gasteiger charge is 2.13. The summed E-state index contributed by atoms with van der Waals surface area (Å²) in [7, 11) is 0. The highest BCUT2D eigenvalue weighted by molar-refractivity contribution is 5.91. The summed E-state index contributed by atoms with van der Waals surface area (Å²) >= 11 is 0. The first-order chi connectivity index (χ1) is 7.09. The molecular weight excluding hydrogens is 198 g/mol. The van der Waals surface area contributed by atoms with Gasteiger partial charge in [0.1, 0.15) is 6.04 Å². The van der Waals surface area contributed by atoms with Crippen LogP contribution < -0.4 is 10.6 Å². The standard InChI is InChI=1S/C9H11N3O3/c1-6(8(13)14)11-9(15)12-7-3-2-4-10-5-7/h2-6H,1H3,(H,13,14)(H2,11,12,15)/t6-/m1/s1. The van der Waals surface area contributed by atoms with Crippen LogP contribution in [0.25, 0.3) is 0 Å². The topological polar surface area (TPSA) is 91.3 Å². The van der Waals surface area contributed by atoms with E-state index in [1.54, 1.807) is 18.3 Å². The van der Waals surface area contributed by atoms with Crippen LogP contribution in [0.4, 0.5) is 10.5 Å². The van der Waals surface area contributed by atoms with Gasteiger partial charge >= 0.3 is 12.0 Å². The molecule has 0 unspecified atom stereocenters. The molecule has 6 heteroatoms. The molecule has 1 atom stereocenters. The smallest absolute Gasteiger partial charge is 0.325 e. The van der Waals surface area contributed by atoms with E-state index in [1.165, 1.54) is 13.1 Å². The minimum absolute atomic E-state index is 0.507. The van der Waals surface area contributed by atoms with Gasteiger partial charge in [0.25, 0.3) is 0 Å². The molecule has 0 aromatic carbocycles. The number of hydrogen-bond donors (Lipinski definition) is 3. The zero-order valence-electron chi connectivity index (χ0n) is 8.10. The molecule has 0 radical (unpaired) electrons. The minimum atomic E-state index is -1.09. The van der Waals surface area contributed by atoms with E-state index in [1.807, 2.05) is 0 Å². The number of rotatable bonds is 3. The second-order valence-electron chi connectivity index (χ2n) is 2.90. The second kappa shape index (κ2) is 4.94. The number of carbonyl (C=O) groups is 2. The third-order valence-electron chi connectivity index (χ3n) is 1.64. The lowest BCUT2D eigenvalue weighted by molar-refractivity contribution is -0.138. The lowest BCUT2D eigenvalue weighted by Gasteiger charge is -2.10. The van der Waals surface area contributed by atoms with Crippen molar-refractivity contribution in [3.8, 4) is 0 Å². The number of carbonyl (C=O) groups excluding carboxylic acids is 1. The van der Waals surface area contributed by atoms with E-state index in [-0.39, 0.29) is 0 Å². The summed E-state index contributed by atoms with van der Waals surface area (Å²) in [6.45, 7) is 1.38. The number of nitrogens with one attached hydrogen (secondary N) is 2. The van der Waals surface area contributed by atoms with Crippen molar-refractivity contribution in [1.82, 2.24) is 10.3 Å². The predicted molar refractivity (Wildman–Crippen MR) is 53.5 cm³/mol. The van der Waals surface area contributed by atoms with E-state index < -0.39 is 18.0 Å². The van der Waals surface area contributed by atoms with E-state index in [0.717, 1.165) is 0 Å². The zero-order chi connectivity index (χ0) is 11.3. The van der Waals surface area contributed by atoms with Gasteiger partial charge in [0.05, 0.1) is 11.9 Å². The quantitative estimate of drug-likeness (QED) is 0.682. The van der Waals surface area contributed by atoms with E-state index in [9.17, 15) is 9.59 Å². The first kappa shape index (κ1) is 11.0. The number of aliphatic carboxylic acids is 1. The number of nitrogens with zero attached hydrogens (tertiary/aromatic N) is 1. The van der Waals surface area contributed by atoms with Crippen LogP contribution in [0.5, 0.6) is 0 Å². The summed E-state index contributed by atoms with van der Waals surface area (Å²) < 4.78 is 0. The van der Waals surface area contributed by atoms with Crippen LogP contribution in [-0.4, -0.2) is 28.1 Å². The number of anilines is 1. The monoisotopic (exact) mass is 209 g/mol. The average Bonchev–Trinajstić information content (AvgIpc) is 2.18. The van der Waals surface area contributed by atoms with Crippen molar-refractivity contribution in [2.24, 2.45) is 0 Å². The molecule has 0 aliphatic carbocycles. The molecule has 1 rings (SSSR count). The largest absolute Gasteiger partial charge is 0.480 e. The van der Waals surface area contributed by atoms with Crippen LogP contribution in [0.1, 0.15) is 6.92 Å². The van der Waals surface area contributed by atoms with Crippen molar-refractivity contribution in [2.45, 2.75) is 13.0 Å². The van der Waals surface area contributed by atoms with Crippen LogP contribution >= 0.6 is 0 Å². The van der Waals surface area contributed by atoms with Crippen LogP contribution in [0.15, 0.2) is 24.5 Å². The zero-order valence-corrected chi connectivity index (χ0v) is 8.10. The molecule has 2 amide bonds. The van der Waals surface area contributed by atoms with Gasteiger partial charge in [-0.05, 0) is 19.1 Å². The van der Waals surface area contributed by atoms with Gasteiger partial charge in [-0.3, -0.25) is 9.78 Å². The molecule has 0 saturated heterocycles. The Morgan fingerprint density at radius 2 is 2.27 bits per heavy atom. The van der Waals surface area contributed by atoms with Crippen molar-refractivity contribution in [3.05, 3.63) is 24.5 Å². The average molecular weight is 209 g/mol. The second-order valence-corrected chi connectivity index (χ2v) is 2.90. The maximum Gasteiger partial charge on any atom is 0.325 e. The minimum Gasteiger partial charge on any atom is -0.480 e. The highest BCUT2D eigenvalue weighted by Crippen LogP contribution is 2.01. The first-order valence-corrected chi connectivity index (χ1v) is 4.30. The van der Waals surface area contributed by atoms with E-state index >= 15 is 0 Å². The van der Waals surface area contributed by atoms with Gasteiger partial charge in [0.2, 0.25) is 0 Å².